The molecule has 1 amide bonds. The van der Waals surface area contributed by atoms with Crippen LogP contribution < -0.4 is 5.32 Å². The van der Waals surface area contributed by atoms with Gasteiger partial charge in [-0.3, -0.25) is 4.79 Å². The minimum atomic E-state index is -0.164. The summed E-state index contributed by atoms with van der Waals surface area (Å²) in [4.78, 5) is 12.6. The van der Waals surface area contributed by atoms with Gasteiger partial charge < -0.3 is 5.32 Å². The zero-order valence-electron chi connectivity index (χ0n) is 15.3. The van der Waals surface area contributed by atoms with Crippen molar-refractivity contribution in [2.24, 2.45) is 0 Å². The van der Waals surface area contributed by atoms with E-state index in [1.807, 2.05) is 49.4 Å². The van der Waals surface area contributed by atoms with Crippen molar-refractivity contribution in [2.45, 2.75) is 33.1 Å². The molecule has 2 aromatic carbocycles. The minimum Gasteiger partial charge on any atom is -0.350 e. The van der Waals surface area contributed by atoms with Crippen molar-refractivity contribution in [3.8, 4) is 5.69 Å². The Morgan fingerprint density at radius 2 is 1.77 bits per heavy atom. The molecule has 0 saturated heterocycles. The Kier molecular flexibility index (Phi) is 5.79. The average Bonchev–Trinajstić information content (AvgIpc) is 3.07. The number of aromatic nitrogens is 3. The fraction of sp³-hybridized carbons (Fsp3) is 0.286. The zero-order valence-corrected chi connectivity index (χ0v) is 15.3. The highest BCUT2D eigenvalue weighted by Crippen LogP contribution is 2.16. The van der Waals surface area contributed by atoms with Gasteiger partial charge in [0.25, 0.3) is 5.91 Å². The van der Waals surface area contributed by atoms with E-state index < -0.39 is 0 Å². The van der Waals surface area contributed by atoms with Crippen LogP contribution in [0.4, 0.5) is 0 Å². The van der Waals surface area contributed by atoms with Crippen molar-refractivity contribution >= 4 is 5.91 Å². The first-order valence-electron chi connectivity index (χ1n) is 9.02. The molecule has 0 bridgehead atoms. The van der Waals surface area contributed by atoms with Crippen LogP contribution in [-0.4, -0.2) is 27.4 Å². The number of carbonyl (C=O) groups is 1. The molecule has 1 N–H and O–H groups in total. The van der Waals surface area contributed by atoms with E-state index in [9.17, 15) is 4.79 Å². The van der Waals surface area contributed by atoms with E-state index in [0.717, 1.165) is 30.6 Å². The fourth-order valence-electron chi connectivity index (χ4n) is 2.88. The Bertz CT molecular complexity index is 853. The van der Waals surface area contributed by atoms with Crippen molar-refractivity contribution in [3.63, 3.8) is 0 Å². The number of amides is 1. The van der Waals surface area contributed by atoms with E-state index >= 15 is 0 Å². The second kappa shape index (κ2) is 8.43. The Morgan fingerprint density at radius 3 is 2.46 bits per heavy atom. The second-order valence-corrected chi connectivity index (χ2v) is 6.37. The normalized spacial score (nSPS) is 10.7. The highest BCUT2D eigenvalue weighted by atomic mass is 16.2. The lowest BCUT2D eigenvalue weighted by Gasteiger charge is -2.08. The smallest absolute Gasteiger partial charge is 0.273 e. The van der Waals surface area contributed by atoms with Crippen LogP contribution in [0.5, 0.6) is 0 Å². The maximum Gasteiger partial charge on any atom is 0.273 e. The Morgan fingerprint density at radius 1 is 1.04 bits per heavy atom. The Labute approximate surface area is 154 Å². The number of nitrogens with one attached hydrogen (secondary N) is 1. The third-order valence-electron chi connectivity index (χ3n) is 4.29. The third kappa shape index (κ3) is 4.17. The molecule has 5 heteroatoms. The zero-order chi connectivity index (χ0) is 18.4. The predicted octanol–water partition coefficient (Wildman–Crippen LogP) is 3.50. The van der Waals surface area contributed by atoms with Crippen LogP contribution in [0.2, 0.25) is 0 Å². The summed E-state index contributed by atoms with van der Waals surface area (Å²) >= 11 is 0. The molecule has 0 spiro atoms. The quantitative estimate of drug-likeness (QED) is 0.711. The monoisotopic (exact) mass is 348 g/mol. The number of carbonyl (C=O) groups excluding carboxylic acids is 1. The number of nitrogens with zero attached hydrogens (tertiary/aromatic N) is 3. The van der Waals surface area contributed by atoms with Crippen molar-refractivity contribution < 1.29 is 4.79 Å². The van der Waals surface area contributed by atoms with Gasteiger partial charge in [0.05, 0.1) is 11.4 Å². The molecule has 1 heterocycles. The molecule has 0 atom stereocenters. The van der Waals surface area contributed by atoms with Crippen molar-refractivity contribution in [1.82, 2.24) is 20.3 Å². The van der Waals surface area contributed by atoms with Crippen LogP contribution in [-0.2, 0) is 12.8 Å². The van der Waals surface area contributed by atoms with Gasteiger partial charge >= 0.3 is 0 Å². The van der Waals surface area contributed by atoms with E-state index in [0.29, 0.717) is 12.2 Å². The molecule has 5 nitrogen and oxygen atoms in total. The standard InChI is InChI=1S/C21H24N4O/c1-3-7-19-20(21(26)22-15-14-17-8-5-4-6-9-17)23-24-25(19)18-12-10-16(2)11-13-18/h4-6,8-13H,3,7,14-15H2,1-2H3,(H,22,26). The highest BCUT2D eigenvalue weighted by molar-refractivity contribution is 5.93. The molecule has 0 unspecified atom stereocenters. The van der Waals surface area contributed by atoms with Gasteiger partial charge in [-0.2, -0.15) is 0 Å². The number of rotatable bonds is 7. The maximum atomic E-state index is 12.6. The van der Waals surface area contributed by atoms with Crippen molar-refractivity contribution in [1.29, 1.82) is 0 Å². The Balaban J connectivity index is 1.74. The van der Waals surface area contributed by atoms with Gasteiger partial charge in [-0.15, -0.1) is 5.10 Å². The molecule has 3 rings (SSSR count). The number of aryl methyl sites for hydroxylation is 1. The van der Waals surface area contributed by atoms with Gasteiger partial charge in [-0.05, 0) is 37.5 Å². The lowest BCUT2D eigenvalue weighted by atomic mass is 10.1. The fourth-order valence-corrected chi connectivity index (χ4v) is 2.88. The van der Waals surface area contributed by atoms with Crippen molar-refractivity contribution in [2.75, 3.05) is 6.54 Å². The van der Waals surface area contributed by atoms with Gasteiger partial charge in [0.15, 0.2) is 5.69 Å². The summed E-state index contributed by atoms with van der Waals surface area (Å²) in [5, 5.41) is 11.4. The first-order valence-corrected chi connectivity index (χ1v) is 9.02. The summed E-state index contributed by atoms with van der Waals surface area (Å²) in [5.41, 5.74) is 4.58. The molecule has 3 aromatic rings. The van der Waals surface area contributed by atoms with E-state index in [1.54, 1.807) is 4.68 Å². The predicted molar refractivity (Wildman–Crippen MR) is 103 cm³/mol. The van der Waals surface area contributed by atoms with E-state index in [4.69, 9.17) is 0 Å². The first-order chi connectivity index (χ1) is 12.7. The van der Waals surface area contributed by atoms with E-state index in [1.165, 1.54) is 11.1 Å². The van der Waals surface area contributed by atoms with Crippen LogP contribution >= 0.6 is 0 Å². The van der Waals surface area contributed by atoms with Crippen LogP contribution in [0.25, 0.3) is 5.69 Å². The minimum absolute atomic E-state index is 0.164. The number of hydrogen-bond donors (Lipinski definition) is 1. The van der Waals surface area contributed by atoms with Gasteiger partial charge in [0, 0.05) is 6.54 Å². The van der Waals surface area contributed by atoms with Gasteiger partial charge in [-0.25, -0.2) is 4.68 Å². The topological polar surface area (TPSA) is 59.8 Å². The molecule has 0 aliphatic carbocycles. The third-order valence-corrected chi connectivity index (χ3v) is 4.29. The molecule has 134 valence electrons. The SMILES string of the molecule is CCCc1c(C(=O)NCCc2ccccc2)nnn1-c1ccc(C)cc1. The summed E-state index contributed by atoms with van der Waals surface area (Å²) in [6, 6.07) is 18.2. The van der Waals surface area contributed by atoms with Gasteiger partial charge in [-0.1, -0.05) is 66.6 Å². The summed E-state index contributed by atoms with van der Waals surface area (Å²) in [6.07, 6.45) is 2.47. The van der Waals surface area contributed by atoms with Crippen molar-refractivity contribution in [3.05, 3.63) is 77.1 Å². The molecule has 26 heavy (non-hydrogen) atoms. The first kappa shape index (κ1) is 17.9. The molecule has 0 aliphatic rings. The largest absolute Gasteiger partial charge is 0.350 e. The molecule has 0 fully saturated rings. The summed E-state index contributed by atoms with van der Waals surface area (Å²) in [5.74, 6) is -0.164. The summed E-state index contributed by atoms with van der Waals surface area (Å²) in [7, 11) is 0. The number of benzene rings is 2. The number of hydrogen-bond acceptors (Lipinski definition) is 3. The average molecular weight is 348 g/mol. The van der Waals surface area contributed by atoms with Gasteiger partial charge in [0.2, 0.25) is 0 Å². The van der Waals surface area contributed by atoms with E-state index in [-0.39, 0.29) is 5.91 Å². The molecule has 0 radical (unpaired) electrons. The van der Waals surface area contributed by atoms with Gasteiger partial charge in [0.1, 0.15) is 0 Å². The lowest BCUT2D eigenvalue weighted by Crippen LogP contribution is -2.27. The maximum absolute atomic E-state index is 12.6. The van der Waals surface area contributed by atoms with Crippen LogP contribution in [0.15, 0.2) is 54.6 Å². The summed E-state index contributed by atoms with van der Waals surface area (Å²) < 4.78 is 1.77. The molecule has 1 aromatic heterocycles. The van der Waals surface area contributed by atoms with Crippen LogP contribution in [0.3, 0.4) is 0 Å². The van der Waals surface area contributed by atoms with E-state index in [2.05, 4.69) is 34.7 Å². The molecule has 0 aliphatic heterocycles. The lowest BCUT2D eigenvalue weighted by molar-refractivity contribution is 0.0948. The second-order valence-electron chi connectivity index (χ2n) is 6.37. The molecular formula is C21H24N4O. The molecular weight excluding hydrogens is 324 g/mol. The van der Waals surface area contributed by atoms with Crippen LogP contribution in [0, 0.1) is 6.92 Å². The highest BCUT2D eigenvalue weighted by Gasteiger charge is 2.19. The van der Waals surface area contributed by atoms with Crippen LogP contribution in [0.1, 0.15) is 40.7 Å². The molecule has 0 saturated carbocycles. The summed E-state index contributed by atoms with van der Waals surface area (Å²) in [6.45, 7) is 4.71. The Hall–Kier alpha value is -2.95.